The maximum atomic E-state index is 13.4. The van der Waals surface area contributed by atoms with Crippen molar-refractivity contribution in [2.45, 2.75) is 46.6 Å². The number of likely N-dealkylation sites (tertiary alicyclic amines) is 2. The van der Waals surface area contributed by atoms with Crippen LogP contribution in [0.3, 0.4) is 0 Å². The molecule has 28 heavy (non-hydrogen) atoms. The van der Waals surface area contributed by atoms with Crippen LogP contribution in [-0.4, -0.2) is 55.5 Å². The molecule has 2 aliphatic rings. The van der Waals surface area contributed by atoms with Crippen LogP contribution < -0.4 is 9.47 Å². The Labute approximate surface area is 167 Å². The number of hydrogen-bond acceptors (Lipinski definition) is 4. The maximum absolute atomic E-state index is 13.4. The van der Waals surface area contributed by atoms with Gasteiger partial charge in [-0.1, -0.05) is 32.9 Å². The van der Waals surface area contributed by atoms with Crippen molar-refractivity contribution in [1.29, 1.82) is 0 Å². The molecule has 1 atom stereocenters. The van der Waals surface area contributed by atoms with Gasteiger partial charge in [0.05, 0.1) is 19.6 Å². The van der Waals surface area contributed by atoms with E-state index in [0.717, 1.165) is 31.4 Å². The van der Waals surface area contributed by atoms with E-state index in [4.69, 9.17) is 9.47 Å². The molecule has 0 bridgehead atoms. The zero-order valence-corrected chi connectivity index (χ0v) is 17.7. The summed E-state index contributed by atoms with van der Waals surface area (Å²) < 4.78 is 10.9. The fourth-order valence-corrected chi connectivity index (χ4v) is 4.49. The van der Waals surface area contributed by atoms with E-state index < -0.39 is 10.8 Å². The molecule has 1 aromatic rings. The minimum Gasteiger partial charge on any atom is -0.493 e. The molecule has 0 unspecified atom stereocenters. The fourth-order valence-electron chi connectivity index (χ4n) is 4.49. The van der Waals surface area contributed by atoms with Crippen LogP contribution in [0, 0.1) is 10.8 Å². The first-order valence-corrected chi connectivity index (χ1v) is 10.0. The van der Waals surface area contributed by atoms with E-state index in [9.17, 15) is 9.59 Å². The molecular formula is C22H32N2O4. The Balaban J connectivity index is 1.78. The number of rotatable bonds is 4. The lowest BCUT2D eigenvalue weighted by molar-refractivity contribution is -0.147. The highest BCUT2D eigenvalue weighted by Crippen LogP contribution is 2.42. The van der Waals surface area contributed by atoms with E-state index >= 15 is 0 Å². The molecule has 0 aliphatic carbocycles. The molecule has 1 aromatic carbocycles. The summed E-state index contributed by atoms with van der Waals surface area (Å²) in [5.74, 6) is 1.63. The van der Waals surface area contributed by atoms with E-state index in [1.54, 1.807) is 14.2 Å². The summed E-state index contributed by atoms with van der Waals surface area (Å²) in [6.45, 7) is 8.23. The van der Waals surface area contributed by atoms with Crippen molar-refractivity contribution in [3.8, 4) is 11.5 Å². The van der Waals surface area contributed by atoms with Gasteiger partial charge in [0, 0.05) is 37.2 Å². The average molecular weight is 389 g/mol. The van der Waals surface area contributed by atoms with Crippen molar-refractivity contribution in [2.24, 2.45) is 10.8 Å². The monoisotopic (exact) mass is 388 g/mol. The standard InChI is InChI=1S/C22H32N2O4/c1-21(2,3)19(25)24-13-11-22(15-24)10-7-12-23(20(22)26)14-16-8-6-9-17(27-4)18(16)28-5/h6,8-9H,7,10-15H2,1-5H3/t22-/m1/s1. The Kier molecular flexibility index (Phi) is 5.60. The van der Waals surface area contributed by atoms with Crippen molar-refractivity contribution in [3.63, 3.8) is 0 Å². The molecule has 2 amide bonds. The fraction of sp³-hybridized carbons (Fsp3) is 0.636. The number of amides is 2. The Morgan fingerprint density at radius 3 is 2.54 bits per heavy atom. The molecular weight excluding hydrogens is 356 g/mol. The van der Waals surface area contributed by atoms with Crippen LogP contribution in [0.15, 0.2) is 18.2 Å². The van der Waals surface area contributed by atoms with Gasteiger partial charge in [-0.05, 0) is 25.3 Å². The molecule has 0 N–H and O–H groups in total. The van der Waals surface area contributed by atoms with Crippen LogP contribution in [0.2, 0.25) is 0 Å². The van der Waals surface area contributed by atoms with E-state index in [-0.39, 0.29) is 11.8 Å². The SMILES string of the molecule is COc1cccc(CN2CCC[C@]3(CCN(C(=O)C(C)(C)C)C3)C2=O)c1OC. The molecule has 2 aliphatic heterocycles. The second-order valence-electron chi connectivity index (χ2n) is 8.99. The van der Waals surface area contributed by atoms with Gasteiger partial charge in [0.2, 0.25) is 11.8 Å². The van der Waals surface area contributed by atoms with Crippen LogP contribution in [-0.2, 0) is 16.1 Å². The van der Waals surface area contributed by atoms with E-state index in [0.29, 0.717) is 31.1 Å². The largest absolute Gasteiger partial charge is 0.493 e. The Morgan fingerprint density at radius 1 is 1.14 bits per heavy atom. The molecule has 6 nitrogen and oxygen atoms in total. The number of carbonyl (C=O) groups is 2. The van der Waals surface area contributed by atoms with Gasteiger partial charge in [-0.3, -0.25) is 9.59 Å². The van der Waals surface area contributed by atoms with Crippen molar-refractivity contribution in [3.05, 3.63) is 23.8 Å². The molecule has 2 fully saturated rings. The van der Waals surface area contributed by atoms with Gasteiger partial charge in [0.25, 0.3) is 0 Å². The van der Waals surface area contributed by atoms with Gasteiger partial charge in [-0.15, -0.1) is 0 Å². The molecule has 3 rings (SSSR count). The Bertz CT molecular complexity index is 755. The third kappa shape index (κ3) is 3.69. The number of methoxy groups -OCH3 is 2. The quantitative estimate of drug-likeness (QED) is 0.795. The van der Waals surface area contributed by atoms with Crippen LogP contribution in [0.1, 0.15) is 45.6 Å². The van der Waals surface area contributed by atoms with Gasteiger partial charge in [-0.2, -0.15) is 0 Å². The van der Waals surface area contributed by atoms with Crippen LogP contribution in [0.25, 0.3) is 0 Å². The minimum absolute atomic E-state index is 0.128. The van der Waals surface area contributed by atoms with Gasteiger partial charge < -0.3 is 19.3 Å². The molecule has 2 heterocycles. The van der Waals surface area contributed by atoms with E-state index in [2.05, 4.69) is 0 Å². The highest BCUT2D eigenvalue weighted by molar-refractivity contribution is 5.87. The number of nitrogens with zero attached hydrogens (tertiary/aromatic N) is 2. The first-order valence-electron chi connectivity index (χ1n) is 10.0. The predicted molar refractivity (Wildman–Crippen MR) is 107 cm³/mol. The number of benzene rings is 1. The molecule has 6 heteroatoms. The summed E-state index contributed by atoms with van der Waals surface area (Å²) >= 11 is 0. The lowest BCUT2D eigenvalue weighted by atomic mass is 9.78. The summed E-state index contributed by atoms with van der Waals surface area (Å²) in [5.41, 5.74) is 0.0789. The molecule has 154 valence electrons. The van der Waals surface area contributed by atoms with Crippen molar-refractivity contribution >= 4 is 11.8 Å². The second kappa shape index (κ2) is 7.64. The smallest absolute Gasteiger partial charge is 0.230 e. The number of hydrogen-bond donors (Lipinski definition) is 0. The summed E-state index contributed by atoms with van der Waals surface area (Å²) in [7, 11) is 3.23. The zero-order valence-electron chi connectivity index (χ0n) is 17.7. The summed E-state index contributed by atoms with van der Waals surface area (Å²) in [5, 5.41) is 0. The van der Waals surface area contributed by atoms with Gasteiger partial charge in [0.1, 0.15) is 0 Å². The number of carbonyl (C=O) groups excluding carboxylic acids is 2. The molecule has 1 spiro atoms. The lowest BCUT2D eigenvalue weighted by Gasteiger charge is -2.39. The number of para-hydroxylation sites is 1. The van der Waals surface area contributed by atoms with Crippen molar-refractivity contribution in [1.82, 2.24) is 9.80 Å². The second-order valence-corrected chi connectivity index (χ2v) is 8.99. The molecule has 0 radical (unpaired) electrons. The Hall–Kier alpha value is -2.24. The third-order valence-electron chi connectivity index (χ3n) is 5.95. The summed E-state index contributed by atoms with van der Waals surface area (Å²) in [6.07, 6.45) is 2.56. The zero-order chi connectivity index (χ0) is 20.5. The molecule has 0 saturated carbocycles. The minimum atomic E-state index is -0.439. The normalized spacial score (nSPS) is 22.7. The molecule has 2 saturated heterocycles. The number of piperidine rings is 1. The highest BCUT2D eigenvalue weighted by Gasteiger charge is 2.50. The highest BCUT2D eigenvalue weighted by atomic mass is 16.5. The summed E-state index contributed by atoms with van der Waals surface area (Å²) in [6, 6.07) is 5.75. The lowest BCUT2D eigenvalue weighted by Crippen LogP contribution is -2.50. The number of ether oxygens (including phenoxy) is 2. The first kappa shape index (κ1) is 20.5. The maximum Gasteiger partial charge on any atom is 0.230 e. The topological polar surface area (TPSA) is 59.1 Å². The average Bonchev–Trinajstić information content (AvgIpc) is 3.08. The van der Waals surface area contributed by atoms with Crippen LogP contribution in [0.4, 0.5) is 0 Å². The van der Waals surface area contributed by atoms with Crippen molar-refractivity contribution < 1.29 is 19.1 Å². The van der Waals surface area contributed by atoms with Gasteiger partial charge >= 0.3 is 0 Å². The summed E-state index contributed by atoms with van der Waals surface area (Å²) in [4.78, 5) is 29.9. The van der Waals surface area contributed by atoms with Crippen LogP contribution >= 0.6 is 0 Å². The van der Waals surface area contributed by atoms with E-state index in [1.807, 2.05) is 48.8 Å². The van der Waals surface area contributed by atoms with Crippen molar-refractivity contribution in [2.75, 3.05) is 33.9 Å². The van der Waals surface area contributed by atoms with Crippen LogP contribution in [0.5, 0.6) is 11.5 Å². The third-order valence-corrected chi connectivity index (χ3v) is 5.95. The molecule has 0 aromatic heterocycles. The predicted octanol–water partition coefficient (Wildman–Crippen LogP) is 3.09. The van der Waals surface area contributed by atoms with Gasteiger partial charge in [-0.25, -0.2) is 0 Å². The first-order chi connectivity index (χ1) is 13.2. The van der Waals surface area contributed by atoms with Gasteiger partial charge in [0.15, 0.2) is 11.5 Å². The van der Waals surface area contributed by atoms with E-state index in [1.165, 1.54) is 0 Å². The Morgan fingerprint density at radius 2 is 1.89 bits per heavy atom.